The van der Waals surface area contributed by atoms with Crippen molar-refractivity contribution in [2.75, 3.05) is 0 Å². The maximum atomic E-state index is 11.9. The molecule has 1 aliphatic rings. The van der Waals surface area contributed by atoms with Crippen LogP contribution in [0, 0.1) is 0 Å². The van der Waals surface area contributed by atoms with E-state index in [0.29, 0.717) is 6.04 Å². The molecule has 2 rings (SSSR count). The minimum atomic E-state index is 0.0776. The lowest BCUT2D eigenvalue weighted by Gasteiger charge is -2.15. The van der Waals surface area contributed by atoms with Crippen LogP contribution < -0.4 is 5.32 Å². The van der Waals surface area contributed by atoms with E-state index in [0.717, 1.165) is 22.2 Å². The number of hydrogen-bond donors (Lipinski definition) is 1. The summed E-state index contributed by atoms with van der Waals surface area (Å²) in [5.41, 5.74) is 0.779. The average Bonchev–Trinajstić information content (AvgIpc) is 2.54. The van der Waals surface area contributed by atoms with Crippen LogP contribution in [0.5, 0.6) is 0 Å². The van der Waals surface area contributed by atoms with Gasteiger partial charge in [0.15, 0.2) is 0 Å². The summed E-state index contributed by atoms with van der Waals surface area (Å²) in [5, 5.41) is 5.03. The highest BCUT2D eigenvalue weighted by Crippen LogP contribution is 2.22. The first-order chi connectivity index (χ1) is 7.75. The Bertz CT molecular complexity index is 356. The lowest BCUT2D eigenvalue weighted by Crippen LogP contribution is -2.34. The smallest absolute Gasteiger partial charge is 0.252 e. The summed E-state index contributed by atoms with van der Waals surface area (Å²) in [6.07, 6.45) is 7.40. The van der Waals surface area contributed by atoms with Crippen LogP contribution in [0.4, 0.5) is 0 Å². The Labute approximate surface area is 109 Å². The predicted octanol–water partition coefficient (Wildman–Crippen LogP) is 3.96. The normalized spacial score (nSPS) is 18.1. The van der Waals surface area contributed by atoms with Crippen LogP contribution in [0.25, 0.3) is 0 Å². The average molecular weight is 302 g/mol. The molecule has 0 spiro atoms. The first kappa shape index (κ1) is 12.1. The second kappa shape index (κ2) is 5.82. The first-order valence-corrected chi connectivity index (χ1v) is 7.48. The Morgan fingerprint density at radius 2 is 2.00 bits per heavy atom. The molecule has 0 aliphatic heterocycles. The highest BCUT2D eigenvalue weighted by molar-refractivity contribution is 9.11. The van der Waals surface area contributed by atoms with E-state index in [1.54, 1.807) is 11.3 Å². The zero-order valence-electron chi connectivity index (χ0n) is 9.17. The van der Waals surface area contributed by atoms with Crippen molar-refractivity contribution in [3.8, 4) is 0 Å². The van der Waals surface area contributed by atoms with Gasteiger partial charge in [0.2, 0.25) is 0 Å². The Morgan fingerprint density at radius 1 is 1.31 bits per heavy atom. The monoisotopic (exact) mass is 301 g/mol. The highest BCUT2D eigenvalue weighted by atomic mass is 79.9. The van der Waals surface area contributed by atoms with Gasteiger partial charge in [0.25, 0.3) is 5.91 Å². The number of carbonyl (C=O) groups is 1. The van der Waals surface area contributed by atoms with Crippen LogP contribution in [0.3, 0.4) is 0 Å². The standard InChI is InChI=1S/C12H16BrNOS/c13-11-7-9(8-16-11)12(15)14-10-5-3-1-2-4-6-10/h7-8,10H,1-6H2,(H,14,15). The van der Waals surface area contributed by atoms with Crippen molar-refractivity contribution < 1.29 is 4.79 Å². The SMILES string of the molecule is O=C(NC1CCCCCC1)c1csc(Br)c1. The van der Waals surface area contributed by atoms with E-state index in [1.807, 2.05) is 11.4 Å². The van der Waals surface area contributed by atoms with Gasteiger partial charge in [-0.2, -0.15) is 0 Å². The summed E-state index contributed by atoms with van der Waals surface area (Å²) in [7, 11) is 0. The van der Waals surface area contributed by atoms with Crippen molar-refractivity contribution in [2.24, 2.45) is 0 Å². The molecule has 88 valence electrons. The second-order valence-corrected chi connectivity index (χ2v) is 6.59. The molecule has 0 atom stereocenters. The van der Waals surface area contributed by atoms with Crippen LogP contribution in [-0.2, 0) is 0 Å². The fourth-order valence-corrected chi connectivity index (χ4v) is 3.26. The van der Waals surface area contributed by atoms with E-state index >= 15 is 0 Å². The predicted molar refractivity (Wildman–Crippen MR) is 71.0 cm³/mol. The van der Waals surface area contributed by atoms with Crippen molar-refractivity contribution in [3.63, 3.8) is 0 Å². The molecule has 4 heteroatoms. The van der Waals surface area contributed by atoms with Gasteiger partial charge in [-0.3, -0.25) is 4.79 Å². The molecule has 1 amide bonds. The van der Waals surface area contributed by atoms with Crippen LogP contribution in [0.15, 0.2) is 15.2 Å². The van der Waals surface area contributed by atoms with E-state index in [4.69, 9.17) is 0 Å². The van der Waals surface area contributed by atoms with Gasteiger partial charge in [-0.15, -0.1) is 11.3 Å². The molecule has 0 saturated heterocycles. The molecular weight excluding hydrogens is 286 g/mol. The number of carbonyl (C=O) groups excluding carboxylic acids is 1. The number of nitrogens with one attached hydrogen (secondary N) is 1. The second-order valence-electron chi connectivity index (χ2n) is 4.30. The Morgan fingerprint density at radius 3 is 2.56 bits per heavy atom. The summed E-state index contributed by atoms with van der Waals surface area (Å²) < 4.78 is 1.01. The van der Waals surface area contributed by atoms with E-state index in [1.165, 1.54) is 25.7 Å². The third-order valence-electron chi connectivity index (χ3n) is 3.02. The van der Waals surface area contributed by atoms with E-state index in [2.05, 4.69) is 21.2 Å². The zero-order valence-corrected chi connectivity index (χ0v) is 11.6. The lowest BCUT2D eigenvalue weighted by atomic mass is 10.1. The zero-order chi connectivity index (χ0) is 11.4. The molecule has 1 saturated carbocycles. The highest BCUT2D eigenvalue weighted by Gasteiger charge is 2.16. The third-order valence-corrected chi connectivity index (χ3v) is 4.52. The molecule has 1 heterocycles. The maximum absolute atomic E-state index is 11.9. The quantitative estimate of drug-likeness (QED) is 0.823. The molecule has 0 radical (unpaired) electrons. The first-order valence-electron chi connectivity index (χ1n) is 5.80. The number of rotatable bonds is 2. The topological polar surface area (TPSA) is 29.1 Å². The van der Waals surface area contributed by atoms with Gasteiger partial charge >= 0.3 is 0 Å². The molecule has 1 N–H and O–H groups in total. The van der Waals surface area contributed by atoms with Gasteiger partial charge in [0, 0.05) is 11.4 Å². The van der Waals surface area contributed by atoms with Crippen molar-refractivity contribution in [1.82, 2.24) is 5.32 Å². The lowest BCUT2D eigenvalue weighted by molar-refractivity contribution is 0.0934. The molecule has 0 unspecified atom stereocenters. The molecule has 1 aromatic rings. The van der Waals surface area contributed by atoms with Gasteiger partial charge in [0.05, 0.1) is 9.35 Å². The van der Waals surface area contributed by atoms with Crippen molar-refractivity contribution in [1.29, 1.82) is 0 Å². The maximum Gasteiger partial charge on any atom is 0.252 e. The van der Waals surface area contributed by atoms with E-state index in [-0.39, 0.29) is 5.91 Å². The van der Waals surface area contributed by atoms with E-state index in [9.17, 15) is 4.79 Å². The Kier molecular flexibility index (Phi) is 4.41. The van der Waals surface area contributed by atoms with E-state index < -0.39 is 0 Å². The van der Waals surface area contributed by atoms with Crippen LogP contribution in [0.2, 0.25) is 0 Å². The largest absolute Gasteiger partial charge is 0.349 e. The van der Waals surface area contributed by atoms with Crippen molar-refractivity contribution in [3.05, 3.63) is 20.8 Å². The Balaban J connectivity index is 1.90. The fraction of sp³-hybridized carbons (Fsp3) is 0.583. The number of thiophene rings is 1. The minimum absolute atomic E-state index is 0.0776. The van der Waals surface area contributed by atoms with Gasteiger partial charge in [0.1, 0.15) is 0 Å². The molecule has 0 bridgehead atoms. The summed E-state index contributed by atoms with van der Waals surface area (Å²) in [6.45, 7) is 0. The number of halogens is 1. The summed E-state index contributed by atoms with van der Waals surface area (Å²) in [4.78, 5) is 11.9. The van der Waals surface area contributed by atoms with Crippen LogP contribution in [0.1, 0.15) is 48.9 Å². The summed E-state index contributed by atoms with van der Waals surface area (Å²) in [5.74, 6) is 0.0776. The third kappa shape index (κ3) is 3.32. The molecule has 1 aromatic heterocycles. The molecule has 0 aromatic carbocycles. The van der Waals surface area contributed by atoms with Gasteiger partial charge in [-0.25, -0.2) is 0 Å². The van der Waals surface area contributed by atoms with Gasteiger partial charge < -0.3 is 5.32 Å². The van der Waals surface area contributed by atoms with Gasteiger partial charge in [-0.05, 0) is 34.8 Å². The van der Waals surface area contributed by atoms with Gasteiger partial charge in [-0.1, -0.05) is 25.7 Å². The van der Waals surface area contributed by atoms with Crippen LogP contribution in [-0.4, -0.2) is 11.9 Å². The van der Waals surface area contributed by atoms with Crippen molar-refractivity contribution >= 4 is 33.2 Å². The molecule has 16 heavy (non-hydrogen) atoms. The molecule has 2 nitrogen and oxygen atoms in total. The molecule has 1 fully saturated rings. The number of amides is 1. The molecule has 1 aliphatic carbocycles. The molecular formula is C12H16BrNOS. The minimum Gasteiger partial charge on any atom is -0.349 e. The summed E-state index contributed by atoms with van der Waals surface area (Å²) in [6, 6.07) is 2.27. The van der Waals surface area contributed by atoms with Crippen molar-refractivity contribution in [2.45, 2.75) is 44.6 Å². The summed E-state index contributed by atoms with van der Waals surface area (Å²) >= 11 is 4.93. The van der Waals surface area contributed by atoms with Crippen LogP contribution >= 0.6 is 27.3 Å². The fourth-order valence-electron chi connectivity index (χ4n) is 2.12. The number of hydrogen-bond acceptors (Lipinski definition) is 2. The Hall–Kier alpha value is -0.350.